The van der Waals surface area contributed by atoms with Crippen molar-refractivity contribution in [2.24, 2.45) is 0 Å². The molecule has 9 heteroatoms. The summed E-state index contributed by atoms with van der Waals surface area (Å²) in [6.07, 6.45) is -0.833. The third kappa shape index (κ3) is 6.30. The van der Waals surface area contributed by atoms with E-state index in [0.717, 1.165) is 5.56 Å². The summed E-state index contributed by atoms with van der Waals surface area (Å²) in [7, 11) is -3.63. The molecule has 1 unspecified atom stereocenters. The van der Waals surface area contributed by atoms with Gasteiger partial charge in [0.25, 0.3) is 5.91 Å². The molecule has 6 nitrogen and oxygen atoms in total. The third-order valence-corrected chi connectivity index (χ3v) is 5.71. The van der Waals surface area contributed by atoms with E-state index in [1.807, 2.05) is 6.92 Å². The summed E-state index contributed by atoms with van der Waals surface area (Å²) in [6.45, 7) is 3.55. The van der Waals surface area contributed by atoms with E-state index in [1.165, 1.54) is 30.3 Å². The highest BCUT2D eigenvalue weighted by Crippen LogP contribution is 2.26. The Morgan fingerprint density at radius 2 is 1.85 bits per heavy atom. The van der Waals surface area contributed by atoms with E-state index >= 15 is 0 Å². The van der Waals surface area contributed by atoms with Crippen molar-refractivity contribution in [3.63, 3.8) is 0 Å². The maximum atomic E-state index is 13.1. The Bertz CT molecular complexity index is 904. The van der Waals surface area contributed by atoms with Gasteiger partial charge in [0.2, 0.25) is 10.0 Å². The predicted octanol–water partition coefficient (Wildman–Crippen LogP) is 2.76. The van der Waals surface area contributed by atoms with Crippen LogP contribution in [-0.4, -0.2) is 33.5 Å². The minimum Gasteiger partial charge on any atom is -0.480 e. The third-order valence-electron chi connectivity index (χ3n) is 3.61. The highest BCUT2D eigenvalue weighted by Gasteiger charge is 2.17. The zero-order chi connectivity index (χ0) is 20.0. The Kier molecular flexibility index (Phi) is 7.34. The molecule has 0 aliphatic carbocycles. The molecular weight excluding hydrogens is 439 g/mol. The summed E-state index contributed by atoms with van der Waals surface area (Å²) < 4.78 is 45.6. The van der Waals surface area contributed by atoms with Crippen LogP contribution in [0, 0.1) is 12.7 Å². The number of rotatable bonds is 8. The van der Waals surface area contributed by atoms with Crippen molar-refractivity contribution in [2.45, 2.75) is 24.8 Å². The number of ether oxygens (including phenoxy) is 1. The molecule has 0 spiro atoms. The van der Waals surface area contributed by atoms with Crippen molar-refractivity contribution in [3.8, 4) is 5.75 Å². The monoisotopic (exact) mass is 458 g/mol. The molecule has 0 heterocycles. The average Bonchev–Trinajstić information content (AvgIpc) is 2.61. The maximum absolute atomic E-state index is 13.1. The van der Waals surface area contributed by atoms with Gasteiger partial charge in [-0.25, -0.2) is 17.5 Å². The zero-order valence-corrected chi connectivity index (χ0v) is 17.2. The lowest BCUT2D eigenvalue weighted by atomic mass is 10.2. The number of carbonyl (C=O) groups is 1. The number of aryl methyl sites for hydroxylation is 1. The molecule has 2 rings (SSSR count). The Hall–Kier alpha value is -1.97. The van der Waals surface area contributed by atoms with Crippen molar-refractivity contribution in [3.05, 3.63) is 58.3 Å². The fourth-order valence-corrected chi connectivity index (χ4v) is 3.61. The molecule has 2 N–H and O–H groups in total. The minimum atomic E-state index is -3.63. The summed E-state index contributed by atoms with van der Waals surface area (Å²) in [4.78, 5) is 12.2. The lowest BCUT2D eigenvalue weighted by molar-refractivity contribution is -0.127. The van der Waals surface area contributed by atoms with E-state index in [4.69, 9.17) is 4.74 Å². The molecule has 1 atom stereocenters. The molecule has 1 amide bonds. The first-order valence-corrected chi connectivity index (χ1v) is 10.4. The Morgan fingerprint density at radius 3 is 2.48 bits per heavy atom. The lowest BCUT2D eigenvalue weighted by Crippen LogP contribution is -2.40. The SMILES string of the molecule is Cc1ccc(S(=O)(=O)NCCNC(=O)C(C)Oc2ccc(F)cc2Br)cc1. The van der Waals surface area contributed by atoms with E-state index in [-0.39, 0.29) is 18.0 Å². The largest absolute Gasteiger partial charge is 0.480 e. The van der Waals surface area contributed by atoms with Crippen molar-refractivity contribution < 1.29 is 22.3 Å². The molecule has 0 aromatic heterocycles. The Balaban J connectivity index is 1.80. The van der Waals surface area contributed by atoms with E-state index in [2.05, 4.69) is 26.0 Å². The Morgan fingerprint density at radius 1 is 1.19 bits per heavy atom. The smallest absolute Gasteiger partial charge is 0.260 e. The summed E-state index contributed by atoms with van der Waals surface area (Å²) in [5.41, 5.74) is 0.961. The fourth-order valence-electron chi connectivity index (χ4n) is 2.13. The molecule has 2 aromatic carbocycles. The number of hydrogen-bond acceptors (Lipinski definition) is 4. The van der Waals surface area contributed by atoms with E-state index < -0.39 is 27.9 Å². The van der Waals surface area contributed by atoms with Gasteiger partial charge in [-0.15, -0.1) is 0 Å². The van der Waals surface area contributed by atoms with Crippen LogP contribution >= 0.6 is 15.9 Å². The van der Waals surface area contributed by atoms with E-state index in [9.17, 15) is 17.6 Å². The summed E-state index contributed by atoms with van der Waals surface area (Å²) >= 11 is 3.16. The van der Waals surface area contributed by atoms with Gasteiger partial charge in [-0.1, -0.05) is 17.7 Å². The van der Waals surface area contributed by atoms with Gasteiger partial charge < -0.3 is 10.1 Å². The molecule has 0 aliphatic heterocycles. The topological polar surface area (TPSA) is 84.5 Å². The second-order valence-electron chi connectivity index (χ2n) is 5.84. The Labute approximate surface area is 166 Å². The van der Waals surface area contributed by atoms with Gasteiger partial charge in [-0.05, 0) is 60.1 Å². The number of amides is 1. The number of halogens is 2. The van der Waals surface area contributed by atoms with Crippen molar-refractivity contribution in [1.29, 1.82) is 0 Å². The second-order valence-corrected chi connectivity index (χ2v) is 8.46. The van der Waals surface area contributed by atoms with Crippen LogP contribution < -0.4 is 14.8 Å². The molecule has 2 aromatic rings. The van der Waals surface area contributed by atoms with Gasteiger partial charge in [0, 0.05) is 13.1 Å². The standard InChI is InChI=1S/C18H20BrFN2O4S/c1-12-3-6-15(7-4-12)27(24,25)22-10-9-21-18(23)13(2)26-17-8-5-14(20)11-16(17)19/h3-8,11,13,22H,9-10H2,1-2H3,(H,21,23). The van der Waals surface area contributed by atoms with Gasteiger partial charge in [0.15, 0.2) is 6.10 Å². The highest BCUT2D eigenvalue weighted by atomic mass is 79.9. The van der Waals surface area contributed by atoms with Crippen LogP contribution in [0.3, 0.4) is 0 Å². The van der Waals surface area contributed by atoms with Crippen molar-refractivity contribution >= 4 is 31.9 Å². The van der Waals surface area contributed by atoms with E-state index in [1.54, 1.807) is 19.1 Å². The molecule has 27 heavy (non-hydrogen) atoms. The van der Waals surface area contributed by atoms with Gasteiger partial charge in [0.1, 0.15) is 11.6 Å². The maximum Gasteiger partial charge on any atom is 0.260 e. The van der Waals surface area contributed by atoms with Crippen LogP contribution in [-0.2, 0) is 14.8 Å². The normalized spacial score (nSPS) is 12.4. The number of sulfonamides is 1. The number of benzene rings is 2. The van der Waals surface area contributed by atoms with Crippen LogP contribution in [0.2, 0.25) is 0 Å². The molecule has 0 fully saturated rings. The van der Waals surface area contributed by atoms with Crippen molar-refractivity contribution in [1.82, 2.24) is 10.0 Å². The number of nitrogens with one attached hydrogen (secondary N) is 2. The van der Waals surface area contributed by atoms with Crippen LogP contribution in [0.25, 0.3) is 0 Å². The lowest BCUT2D eigenvalue weighted by Gasteiger charge is -2.16. The molecular formula is C18H20BrFN2O4S. The van der Waals surface area contributed by atoms with Gasteiger partial charge in [-0.2, -0.15) is 0 Å². The quantitative estimate of drug-likeness (QED) is 0.595. The molecule has 0 saturated carbocycles. The number of hydrogen-bond donors (Lipinski definition) is 2. The minimum absolute atomic E-state index is 0.0366. The molecule has 0 saturated heterocycles. The first-order valence-electron chi connectivity index (χ1n) is 8.15. The van der Waals surface area contributed by atoms with Gasteiger partial charge in [0.05, 0.1) is 9.37 Å². The molecule has 0 aliphatic rings. The second kappa shape index (κ2) is 9.29. The van der Waals surface area contributed by atoms with Crippen LogP contribution in [0.1, 0.15) is 12.5 Å². The zero-order valence-electron chi connectivity index (χ0n) is 14.8. The predicted molar refractivity (Wildman–Crippen MR) is 104 cm³/mol. The summed E-state index contributed by atoms with van der Waals surface area (Å²) in [6, 6.07) is 10.3. The van der Waals surface area contributed by atoms with Crippen LogP contribution in [0.5, 0.6) is 5.75 Å². The summed E-state index contributed by atoms with van der Waals surface area (Å²) in [5.74, 6) is -0.507. The van der Waals surface area contributed by atoms with E-state index in [0.29, 0.717) is 10.2 Å². The molecule has 0 radical (unpaired) electrons. The first kappa shape index (κ1) is 21.3. The fraction of sp³-hybridized carbons (Fsp3) is 0.278. The van der Waals surface area contributed by atoms with Crippen molar-refractivity contribution in [2.75, 3.05) is 13.1 Å². The van der Waals surface area contributed by atoms with Crippen LogP contribution in [0.15, 0.2) is 51.8 Å². The number of carbonyl (C=O) groups excluding carboxylic acids is 1. The highest BCUT2D eigenvalue weighted by molar-refractivity contribution is 9.10. The van der Waals surface area contributed by atoms with Gasteiger partial charge >= 0.3 is 0 Å². The summed E-state index contributed by atoms with van der Waals surface area (Å²) in [5, 5.41) is 2.59. The molecule has 146 valence electrons. The van der Waals surface area contributed by atoms with Crippen LogP contribution in [0.4, 0.5) is 4.39 Å². The van der Waals surface area contributed by atoms with Gasteiger partial charge in [-0.3, -0.25) is 4.79 Å². The molecule has 0 bridgehead atoms. The average molecular weight is 459 g/mol. The first-order chi connectivity index (χ1) is 12.7.